The van der Waals surface area contributed by atoms with E-state index in [-0.39, 0.29) is 18.4 Å². The van der Waals surface area contributed by atoms with Gasteiger partial charge in [0.1, 0.15) is 5.75 Å². The van der Waals surface area contributed by atoms with Gasteiger partial charge in [-0.2, -0.15) is 0 Å². The van der Waals surface area contributed by atoms with Crippen LogP contribution in [-0.4, -0.2) is 31.5 Å². The van der Waals surface area contributed by atoms with Gasteiger partial charge in [-0.15, -0.1) is 0 Å². The van der Waals surface area contributed by atoms with Gasteiger partial charge in [0.15, 0.2) is 0 Å². The largest absolute Gasteiger partial charge is 0.496 e. The number of carbonyl (C=O) groups excluding carboxylic acids is 2. The van der Waals surface area contributed by atoms with Crippen LogP contribution in [0.2, 0.25) is 0 Å². The molecular formula is C15H20N2O3. The third kappa shape index (κ3) is 4.57. The number of nitrogens with one attached hydrogen (secondary N) is 2. The van der Waals surface area contributed by atoms with Crippen molar-refractivity contribution in [1.82, 2.24) is 10.6 Å². The zero-order chi connectivity index (χ0) is 14.4. The van der Waals surface area contributed by atoms with Crippen molar-refractivity contribution in [2.24, 2.45) is 0 Å². The molecular weight excluding hydrogens is 256 g/mol. The predicted octanol–water partition coefficient (Wildman–Crippen LogP) is 1.02. The molecule has 0 bridgehead atoms. The molecule has 1 aromatic rings. The van der Waals surface area contributed by atoms with E-state index >= 15 is 0 Å². The van der Waals surface area contributed by atoms with Gasteiger partial charge < -0.3 is 15.4 Å². The first-order chi connectivity index (χ1) is 9.69. The van der Waals surface area contributed by atoms with Crippen LogP contribution in [0.25, 0.3) is 0 Å². The Morgan fingerprint density at radius 2 is 2.00 bits per heavy atom. The van der Waals surface area contributed by atoms with Gasteiger partial charge in [-0.05, 0) is 30.9 Å². The Labute approximate surface area is 118 Å². The van der Waals surface area contributed by atoms with Crippen molar-refractivity contribution < 1.29 is 14.3 Å². The van der Waals surface area contributed by atoms with Crippen LogP contribution in [0.15, 0.2) is 24.3 Å². The van der Waals surface area contributed by atoms with E-state index in [1.807, 2.05) is 24.3 Å². The average molecular weight is 276 g/mol. The molecule has 0 heterocycles. The molecule has 1 saturated carbocycles. The van der Waals surface area contributed by atoms with Crippen molar-refractivity contribution >= 4 is 11.8 Å². The molecule has 1 fully saturated rings. The number of carbonyl (C=O) groups is 2. The number of ether oxygens (including phenoxy) is 1. The Morgan fingerprint density at radius 1 is 1.25 bits per heavy atom. The molecule has 2 N–H and O–H groups in total. The Hall–Kier alpha value is -2.04. The fraction of sp³-hybridized carbons (Fsp3) is 0.467. The van der Waals surface area contributed by atoms with Crippen molar-refractivity contribution in [3.63, 3.8) is 0 Å². The second-order valence-corrected chi connectivity index (χ2v) is 4.93. The maximum atomic E-state index is 11.7. The molecule has 5 nitrogen and oxygen atoms in total. The lowest BCUT2D eigenvalue weighted by molar-refractivity contribution is -0.126. The second-order valence-electron chi connectivity index (χ2n) is 4.93. The van der Waals surface area contributed by atoms with E-state index in [1.165, 1.54) is 0 Å². The van der Waals surface area contributed by atoms with Crippen LogP contribution in [0, 0.1) is 0 Å². The highest BCUT2D eigenvalue weighted by atomic mass is 16.5. The molecule has 0 aromatic heterocycles. The lowest BCUT2D eigenvalue weighted by Crippen LogP contribution is -2.37. The van der Waals surface area contributed by atoms with E-state index in [0.717, 1.165) is 24.2 Å². The van der Waals surface area contributed by atoms with Gasteiger partial charge >= 0.3 is 0 Å². The topological polar surface area (TPSA) is 67.4 Å². The molecule has 1 aliphatic carbocycles. The van der Waals surface area contributed by atoms with E-state index < -0.39 is 0 Å². The number of methoxy groups -OCH3 is 1. The lowest BCUT2D eigenvalue weighted by Gasteiger charge is -2.08. The highest BCUT2D eigenvalue weighted by molar-refractivity contribution is 5.85. The van der Waals surface area contributed by atoms with E-state index in [9.17, 15) is 9.59 Å². The van der Waals surface area contributed by atoms with Crippen LogP contribution in [0.3, 0.4) is 0 Å². The fourth-order valence-corrected chi connectivity index (χ4v) is 1.93. The molecule has 0 atom stereocenters. The number of amides is 2. The summed E-state index contributed by atoms with van der Waals surface area (Å²) >= 11 is 0. The quantitative estimate of drug-likeness (QED) is 0.781. The first-order valence-corrected chi connectivity index (χ1v) is 6.87. The number of hydrogen-bond acceptors (Lipinski definition) is 3. The maximum absolute atomic E-state index is 11.7. The summed E-state index contributed by atoms with van der Waals surface area (Å²) in [5, 5.41) is 5.46. The molecule has 0 radical (unpaired) electrons. The number of hydrogen-bond donors (Lipinski definition) is 2. The van der Waals surface area contributed by atoms with Crippen molar-refractivity contribution in [2.75, 3.05) is 13.7 Å². The van der Waals surface area contributed by atoms with E-state index in [2.05, 4.69) is 10.6 Å². The SMILES string of the molecule is COc1ccccc1CCC(=O)NCC(=O)NC1CC1. The summed E-state index contributed by atoms with van der Waals surface area (Å²) in [6, 6.07) is 7.94. The Morgan fingerprint density at radius 3 is 2.70 bits per heavy atom. The molecule has 2 amide bonds. The summed E-state index contributed by atoms with van der Waals surface area (Å²) < 4.78 is 5.23. The van der Waals surface area contributed by atoms with Crippen LogP contribution in [0.1, 0.15) is 24.8 Å². The molecule has 0 spiro atoms. The first kappa shape index (κ1) is 14.4. The predicted molar refractivity (Wildman–Crippen MR) is 75.5 cm³/mol. The smallest absolute Gasteiger partial charge is 0.239 e. The first-order valence-electron chi connectivity index (χ1n) is 6.87. The summed E-state index contributed by atoms with van der Waals surface area (Å²) in [6.45, 7) is 0.0568. The summed E-state index contributed by atoms with van der Waals surface area (Å²) in [7, 11) is 1.61. The molecule has 0 saturated heterocycles. The van der Waals surface area contributed by atoms with Crippen molar-refractivity contribution in [3.05, 3.63) is 29.8 Å². The molecule has 20 heavy (non-hydrogen) atoms. The Balaban J connectivity index is 1.70. The molecule has 0 unspecified atom stereocenters. The highest BCUT2D eigenvalue weighted by Gasteiger charge is 2.23. The highest BCUT2D eigenvalue weighted by Crippen LogP contribution is 2.19. The number of rotatable bonds is 7. The standard InChI is InChI=1S/C15H20N2O3/c1-20-13-5-3-2-4-11(13)6-9-14(18)16-10-15(19)17-12-7-8-12/h2-5,12H,6-10H2,1H3,(H,16,18)(H,17,19). The van der Waals surface area contributed by atoms with Gasteiger partial charge in [0.25, 0.3) is 0 Å². The van der Waals surface area contributed by atoms with Gasteiger partial charge in [-0.25, -0.2) is 0 Å². The van der Waals surface area contributed by atoms with Crippen LogP contribution >= 0.6 is 0 Å². The van der Waals surface area contributed by atoms with E-state index in [1.54, 1.807) is 7.11 Å². The van der Waals surface area contributed by atoms with Gasteiger partial charge in [0, 0.05) is 12.5 Å². The lowest BCUT2D eigenvalue weighted by atomic mass is 10.1. The summed E-state index contributed by atoms with van der Waals surface area (Å²) in [6.07, 6.45) is 3.04. The third-order valence-corrected chi connectivity index (χ3v) is 3.20. The van der Waals surface area contributed by atoms with Gasteiger partial charge in [-0.1, -0.05) is 18.2 Å². The van der Waals surface area contributed by atoms with Crippen molar-refractivity contribution in [1.29, 1.82) is 0 Å². The normalized spacial score (nSPS) is 13.7. The Kier molecular flexibility index (Phi) is 4.98. The summed E-state index contributed by atoms with van der Waals surface area (Å²) in [5.41, 5.74) is 0.993. The molecule has 1 aliphatic rings. The molecule has 0 aliphatic heterocycles. The van der Waals surface area contributed by atoms with Crippen LogP contribution in [-0.2, 0) is 16.0 Å². The summed E-state index contributed by atoms with van der Waals surface area (Å²) in [5.74, 6) is 0.548. The minimum atomic E-state index is -0.123. The third-order valence-electron chi connectivity index (χ3n) is 3.20. The molecule has 108 valence electrons. The molecule has 2 rings (SSSR count). The van der Waals surface area contributed by atoms with E-state index in [0.29, 0.717) is 18.9 Å². The van der Waals surface area contributed by atoms with E-state index in [4.69, 9.17) is 4.74 Å². The zero-order valence-electron chi connectivity index (χ0n) is 11.6. The fourth-order valence-electron chi connectivity index (χ4n) is 1.93. The van der Waals surface area contributed by atoms with Crippen LogP contribution < -0.4 is 15.4 Å². The summed E-state index contributed by atoms with van der Waals surface area (Å²) in [4.78, 5) is 23.1. The Bertz CT molecular complexity index is 484. The minimum absolute atomic E-state index is 0.0568. The van der Waals surface area contributed by atoms with Gasteiger partial charge in [0.2, 0.25) is 11.8 Å². The van der Waals surface area contributed by atoms with Gasteiger partial charge in [-0.3, -0.25) is 9.59 Å². The number of aryl methyl sites for hydroxylation is 1. The molecule has 5 heteroatoms. The van der Waals surface area contributed by atoms with Gasteiger partial charge in [0.05, 0.1) is 13.7 Å². The maximum Gasteiger partial charge on any atom is 0.239 e. The van der Waals surface area contributed by atoms with Crippen molar-refractivity contribution in [3.8, 4) is 5.75 Å². The number of benzene rings is 1. The second kappa shape index (κ2) is 6.93. The number of para-hydroxylation sites is 1. The minimum Gasteiger partial charge on any atom is -0.496 e. The molecule has 1 aromatic carbocycles. The average Bonchev–Trinajstić information content (AvgIpc) is 3.27. The monoisotopic (exact) mass is 276 g/mol. The van der Waals surface area contributed by atoms with Crippen LogP contribution in [0.4, 0.5) is 0 Å². The van der Waals surface area contributed by atoms with Crippen LogP contribution in [0.5, 0.6) is 5.75 Å². The zero-order valence-corrected chi connectivity index (χ0v) is 11.6. The van der Waals surface area contributed by atoms with Crippen molar-refractivity contribution in [2.45, 2.75) is 31.7 Å².